The summed E-state index contributed by atoms with van der Waals surface area (Å²) in [6, 6.07) is 5.18. The summed E-state index contributed by atoms with van der Waals surface area (Å²) in [4.78, 5) is 33.2. The van der Waals surface area contributed by atoms with Crippen LogP contribution in [0.1, 0.15) is 28.8 Å². The molecule has 0 heterocycles. The summed E-state index contributed by atoms with van der Waals surface area (Å²) in [6.07, 6.45) is -0.499. The maximum Gasteiger partial charge on any atom is 0.326 e. The average Bonchev–Trinajstić information content (AvgIpc) is 2.42. The first kappa shape index (κ1) is 15.6. The van der Waals surface area contributed by atoms with E-state index in [0.717, 1.165) is 5.56 Å². The Balaban J connectivity index is 2.69. The van der Waals surface area contributed by atoms with E-state index in [4.69, 9.17) is 15.9 Å². The number of nitrogens with two attached hydrogens (primary N) is 1. The molecular weight excluding hydrogens is 264 g/mol. The van der Waals surface area contributed by atoms with Crippen LogP contribution in [0, 0.1) is 0 Å². The van der Waals surface area contributed by atoms with Gasteiger partial charge >= 0.3 is 11.9 Å². The van der Waals surface area contributed by atoms with Crippen molar-refractivity contribution in [3.63, 3.8) is 0 Å². The molecule has 0 spiro atoms. The fourth-order valence-corrected chi connectivity index (χ4v) is 1.56. The second-order valence-corrected chi connectivity index (χ2v) is 4.20. The Labute approximate surface area is 115 Å². The van der Waals surface area contributed by atoms with Gasteiger partial charge < -0.3 is 21.3 Å². The van der Waals surface area contributed by atoms with Crippen LogP contribution >= 0.6 is 0 Å². The Morgan fingerprint density at radius 2 is 1.75 bits per heavy atom. The third kappa shape index (κ3) is 4.69. The predicted octanol–water partition coefficient (Wildman–Crippen LogP) is 0.193. The molecule has 0 aliphatic carbocycles. The number of rotatable bonds is 7. The number of nitrogens with one attached hydrogen (secondary N) is 1. The summed E-state index contributed by atoms with van der Waals surface area (Å²) in [5.41, 5.74) is 6.57. The minimum Gasteiger partial charge on any atom is -0.481 e. The van der Waals surface area contributed by atoms with Crippen molar-refractivity contribution in [1.29, 1.82) is 0 Å². The molecule has 0 saturated carbocycles. The van der Waals surface area contributed by atoms with Crippen LogP contribution in [0.25, 0.3) is 0 Å². The summed E-state index contributed by atoms with van der Waals surface area (Å²) in [5.74, 6) is -2.94. The summed E-state index contributed by atoms with van der Waals surface area (Å²) in [5, 5.41) is 19.8. The predicted molar refractivity (Wildman–Crippen MR) is 70.1 cm³/mol. The van der Waals surface area contributed by atoms with Gasteiger partial charge in [-0.15, -0.1) is 0 Å². The molecule has 0 radical (unpaired) electrons. The Kier molecular flexibility index (Phi) is 5.67. The van der Waals surface area contributed by atoms with Crippen LogP contribution < -0.4 is 11.1 Å². The number of carboxylic acids is 2. The van der Waals surface area contributed by atoms with E-state index in [1.54, 1.807) is 12.1 Å². The fourth-order valence-electron chi connectivity index (χ4n) is 1.56. The zero-order chi connectivity index (χ0) is 15.1. The molecule has 0 aromatic heterocycles. The molecule has 1 atom stereocenters. The number of hydrogen-bond acceptors (Lipinski definition) is 4. The highest BCUT2D eigenvalue weighted by atomic mass is 16.4. The number of aliphatic carboxylic acids is 2. The van der Waals surface area contributed by atoms with Crippen LogP contribution in [0.15, 0.2) is 24.3 Å². The maximum atomic E-state index is 11.9. The Morgan fingerprint density at radius 3 is 2.20 bits per heavy atom. The lowest BCUT2D eigenvalue weighted by atomic mass is 10.1. The zero-order valence-electron chi connectivity index (χ0n) is 10.7. The second kappa shape index (κ2) is 7.25. The van der Waals surface area contributed by atoms with Crippen molar-refractivity contribution in [2.24, 2.45) is 5.73 Å². The second-order valence-electron chi connectivity index (χ2n) is 4.20. The zero-order valence-corrected chi connectivity index (χ0v) is 10.7. The molecule has 20 heavy (non-hydrogen) atoms. The fraction of sp³-hybridized carbons (Fsp3) is 0.308. The lowest BCUT2D eigenvalue weighted by Gasteiger charge is -2.13. The van der Waals surface area contributed by atoms with E-state index >= 15 is 0 Å². The van der Waals surface area contributed by atoms with Gasteiger partial charge in [0.15, 0.2) is 0 Å². The van der Waals surface area contributed by atoms with Gasteiger partial charge in [0.2, 0.25) is 0 Å². The van der Waals surface area contributed by atoms with Crippen molar-refractivity contribution in [3.8, 4) is 0 Å². The topological polar surface area (TPSA) is 130 Å². The maximum absolute atomic E-state index is 11.9. The third-order valence-electron chi connectivity index (χ3n) is 2.70. The molecule has 0 bridgehead atoms. The average molecular weight is 280 g/mol. The van der Waals surface area contributed by atoms with Crippen molar-refractivity contribution < 1.29 is 24.6 Å². The molecule has 7 heteroatoms. The highest BCUT2D eigenvalue weighted by Gasteiger charge is 2.21. The number of benzene rings is 1. The molecular formula is C13H16N2O5. The summed E-state index contributed by atoms with van der Waals surface area (Å²) >= 11 is 0. The highest BCUT2D eigenvalue weighted by Crippen LogP contribution is 2.05. The molecule has 1 amide bonds. The molecule has 1 unspecified atom stereocenters. The smallest absolute Gasteiger partial charge is 0.326 e. The monoisotopic (exact) mass is 280 g/mol. The van der Waals surface area contributed by atoms with Gasteiger partial charge in [0.1, 0.15) is 6.04 Å². The van der Waals surface area contributed by atoms with Crippen molar-refractivity contribution in [2.75, 3.05) is 0 Å². The van der Waals surface area contributed by atoms with Crippen LogP contribution in [0.3, 0.4) is 0 Å². The number of amides is 1. The summed E-state index contributed by atoms with van der Waals surface area (Å²) in [7, 11) is 0. The number of hydrogen-bond donors (Lipinski definition) is 4. The number of carbonyl (C=O) groups is 3. The normalized spacial score (nSPS) is 11.7. The van der Waals surface area contributed by atoms with E-state index in [-0.39, 0.29) is 12.8 Å². The van der Waals surface area contributed by atoms with Gasteiger partial charge in [-0.3, -0.25) is 9.59 Å². The van der Waals surface area contributed by atoms with Gasteiger partial charge in [-0.25, -0.2) is 4.79 Å². The SMILES string of the molecule is NCc1ccc(C(=O)NC(CCC(=O)O)C(=O)O)cc1. The Hall–Kier alpha value is -2.41. The van der Waals surface area contributed by atoms with Gasteiger partial charge in [-0.05, 0) is 24.1 Å². The van der Waals surface area contributed by atoms with Crippen LogP contribution in [0.2, 0.25) is 0 Å². The first-order chi connectivity index (χ1) is 9.43. The van der Waals surface area contributed by atoms with Gasteiger partial charge in [-0.1, -0.05) is 12.1 Å². The number of carbonyl (C=O) groups excluding carboxylic acids is 1. The third-order valence-corrected chi connectivity index (χ3v) is 2.70. The van der Waals surface area contributed by atoms with E-state index in [1.165, 1.54) is 12.1 Å². The largest absolute Gasteiger partial charge is 0.481 e. The van der Waals surface area contributed by atoms with Crippen molar-refractivity contribution in [1.82, 2.24) is 5.32 Å². The minimum atomic E-state index is -1.27. The van der Waals surface area contributed by atoms with Crippen molar-refractivity contribution in [3.05, 3.63) is 35.4 Å². The van der Waals surface area contributed by atoms with Crippen LogP contribution in [0.5, 0.6) is 0 Å². The van der Waals surface area contributed by atoms with Gasteiger partial charge in [0.25, 0.3) is 5.91 Å². The van der Waals surface area contributed by atoms with Gasteiger partial charge in [-0.2, -0.15) is 0 Å². The summed E-state index contributed by atoms with van der Waals surface area (Å²) < 4.78 is 0. The Morgan fingerprint density at radius 1 is 1.15 bits per heavy atom. The van der Waals surface area contributed by atoms with E-state index in [0.29, 0.717) is 12.1 Å². The van der Waals surface area contributed by atoms with E-state index in [1.807, 2.05) is 0 Å². The van der Waals surface area contributed by atoms with Gasteiger partial charge in [0.05, 0.1) is 0 Å². The van der Waals surface area contributed by atoms with E-state index in [2.05, 4.69) is 5.32 Å². The Bertz CT molecular complexity index is 498. The first-order valence-electron chi connectivity index (χ1n) is 5.98. The lowest BCUT2D eigenvalue weighted by Crippen LogP contribution is -2.41. The van der Waals surface area contributed by atoms with Crippen molar-refractivity contribution >= 4 is 17.8 Å². The molecule has 0 aliphatic heterocycles. The molecule has 0 saturated heterocycles. The molecule has 5 N–H and O–H groups in total. The van der Waals surface area contributed by atoms with Crippen molar-refractivity contribution in [2.45, 2.75) is 25.4 Å². The molecule has 7 nitrogen and oxygen atoms in total. The lowest BCUT2D eigenvalue weighted by molar-refractivity contribution is -0.140. The molecule has 0 fully saturated rings. The van der Waals surface area contributed by atoms with Crippen LogP contribution in [0.4, 0.5) is 0 Å². The quantitative estimate of drug-likeness (QED) is 0.564. The summed E-state index contributed by atoms with van der Waals surface area (Å²) in [6.45, 7) is 0.345. The first-order valence-corrected chi connectivity index (χ1v) is 5.98. The minimum absolute atomic E-state index is 0.169. The molecule has 1 rings (SSSR count). The van der Waals surface area contributed by atoms with Gasteiger partial charge in [0, 0.05) is 18.5 Å². The van der Waals surface area contributed by atoms with E-state index in [9.17, 15) is 14.4 Å². The van der Waals surface area contributed by atoms with Crippen LogP contribution in [-0.4, -0.2) is 34.1 Å². The van der Waals surface area contributed by atoms with E-state index < -0.39 is 23.9 Å². The number of carboxylic acid groups (broad SMARTS) is 2. The molecule has 1 aromatic rings. The highest BCUT2D eigenvalue weighted by molar-refractivity contribution is 5.96. The van der Waals surface area contributed by atoms with Crippen LogP contribution in [-0.2, 0) is 16.1 Å². The molecule has 0 aliphatic rings. The standard InChI is InChI=1S/C13H16N2O5/c14-7-8-1-3-9(4-2-8)12(18)15-10(13(19)20)5-6-11(16)17/h1-4,10H,5-7,14H2,(H,15,18)(H,16,17)(H,19,20). The molecule has 1 aromatic carbocycles. The molecule has 108 valence electrons.